The van der Waals surface area contributed by atoms with Crippen molar-refractivity contribution in [1.82, 2.24) is 4.57 Å². The van der Waals surface area contributed by atoms with Crippen LogP contribution >= 0.6 is 23.6 Å². The SMILES string of the molecule is COc1ccc(CCn2c(O)c(/C=C3\N=C(C#N)C(=Nc4ccc(OC)cc4)O3)sc2=S)cc1. The zero-order valence-electron chi connectivity index (χ0n) is 18.4. The van der Waals surface area contributed by atoms with E-state index in [-0.39, 0.29) is 23.4 Å². The Balaban J connectivity index is 1.52. The molecule has 3 aromatic rings. The third kappa shape index (κ3) is 5.17. The molecular formula is C24H20N4O4S2. The van der Waals surface area contributed by atoms with Crippen molar-refractivity contribution in [3.8, 4) is 23.4 Å². The van der Waals surface area contributed by atoms with E-state index in [0.717, 1.165) is 11.3 Å². The number of ether oxygens (including phenoxy) is 3. The summed E-state index contributed by atoms with van der Waals surface area (Å²) in [5.74, 6) is 1.74. The fourth-order valence-electron chi connectivity index (χ4n) is 3.16. The van der Waals surface area contributed by atoms with Gasteiger partial charge in [-0.2, -0.15) is 10.3 Å². The smallest absolute Gasteiger partial charge is 0.258 e. The molecule has 4 rings (SSSR count). The zero-order chi connectivity index (χ0) is 24.1. The quantitative estimate of drug-likeness (QED) is 0.451. The van der Waals surface area contributed by atoms with E-state index in [9.17, 15) is 10.4 Å². The molecule has 1 aliphatic heterocycles. The van der Waals surface area contributed by atoms with Crippen LogP contribution in [0.5, 0.6) is 17.4 Å². The number of nitriles is 1. The summed E-state index contributed by atoms with van der Waals surface area (Å²) < 4.78 is 18.2. The molecule has 10 heteroatoms. The Morgan fingerprint density at radius 2 is 1.79 bits per heavy atom. The van der Waals surface area contributed by atoms with Crippen molar-refractivity contribution in [1.29, 1.82) is 5.26 Å². The molecule has 0 fully saturated rings. The second kappa shape index (κ2) is 10.3. The van der Waals surface area contributed by atoms with Crippen LogP contribution in [0, 0.1) is 15.3 Å². The van der Waals surface area contributed by atoms with Gasteiger partial charge in [0.2, 0.25) is 17.5 Å². The van der Waals surface area contributed by atoms with E-state index in [2.05, 4.69) is 9.98 Å². The number of thiazole rings is 1. The molecule has 0 spiro atoms. The van der Waals surface area contributed by atoms with Crippen LogP contribution < -0.4 is 9.47 Å². The summed E-state index contributed by atoms with van der Waals surface area (Å²) in [5, 5.41) is 20.2. The first-order valence-corrected chi connectivity index (χ1v) is 11.4. The van der Waals surface area contributed by atoms with E-state index in [1.54, 1.807) is 49.1 Å². The van der Waals surface area contributed by atoms with Gasteiger partial charge in [-0.3, -0.25) is 4.57 Å². The largest absolute Gasteiger partial charge is 0.497 e. The van der Waals surface area contributed by atoms with Crippen LogP contribution in [0.15, 0.2) is 64.4 Å². The van der Waals surface area contributed by atoms with Crippen molar-refractivity contribution in [3.63, 3.8) is 0 Å². The maximum Gasteiger partial charge on any atom is 0.258 e. The van der Waals surface area contributed by atoms with Gasteiger partial charge in [-0.1, -0.05) is 12.1 Å². The minimum atomic E-state index is 0.0221. The van der Waals surface area contributed by atoms with Crippen LogP contribution in [0.2, 0.25) is 0 Å². The number of benzene rings is 2. The lowest BCUT2D eigenvalue weighted by Crippen LogP contribution is -2.07. The monoisotopic (exact) mass is 492 g/mol. The predicted octanol–water partition coefficient (Wildman–Crippen LogP) is 5.27. The Morgan fingerprint density at radius 1 is 1.15 bits per heavy atom. The van der Waals surface area contributed by atoms with Gasteiger partial charge in [0.1, 0.15) is 17.6 Å². The number of rotatable bonds is 7. The molecule has 1 N–H and O–H groups in total. The van der Waals surface area contributed by atoms with Crippen LogP contribution in [0.3, 0.4) is 0 Å². The Morgan fingerprint density at radius 3 is 2.41 bits per heavy atom. The molecule has 0 saturated carbocycles. The average molecular weight is 493 g/mol. The first kappa shape index (κ1) is 23.2. The normalized spacial score (nSPS) is 15.1. The maximum atomic E-state index is 10.7. The highest BCUT2D eigenvalue weighted by Crippen LogP contribution is 2.31. The van der Waals surface area contributed by atoms with Gasteiger partial charge < -0.3 is 19.3 Å². The first-order chi connectivity index (χ1) is 16.5. The number of nitrogens with zero attached hydrogens (tertiary/aromatic N) is 4. The van der Waals surface area contributed by atoms with Gasteiger partial charge >= 0.3 is 0 Å². The molecule has 0 saturated heterocycles. The van der Waals surface area contributed by atoms with Gasteiger partial charge in [0.25, 0.3) is 5.90 Å². The van der Waals surface area contributed by atoms with E-state index in [4.69, 9.17) is 26.4 Å². The van der Waals surface area contributed by atoms with Crippen LogP contribution in [-0.2, 0) is 17.7 Å². The molecule has 8 nitrogen and oxygen atoms in total. The van der Waals surface area contributed by atoms with Gasteiger partial charge in [0.15, 0.2) is 3.95 Å². The van der Waals surface area contributed by atoms with Crippen molar-refractivity contribution >= 4 is 46.9 Å². The van der Waals surface area contributed by atoms with Crippen LogP contribution in [-0.4, -0.2) is 35.5 Å². The van der Waals surface area contributed by atoms with Gasteiger partial charge in [0.05, 0.1) is 24.8 Å². The lowest BCUT2D eigenvalue weighted by Gasteiger charge is -2.06. The number of hydrogen-bond acceptors (Lipinski definition) is 9. The van der Waals surface area contributed by atoms with Gasteiger partial charge in [-0.25, -0.2) is 4.99 Å². The summed E-state index contributed by atoms with van der Waals surface area (Å²) in [6, 6.07) is 16.7. The van der Waals surface area contributed by atoms with E-state index < -0.39 is 0 Å². The Bertz CT molecular complexity index is 1380. The molecule has 1 aromatic heterocycles. The number of aliphatic imine (C=N–C) groups is 2. The lowest BCUT2D eigenvalue weighted by molar-refractivity contribution is 0.411. The Kier molecular flexibility index (Phi) is 7.06. The molecule has 0 amide bonds. The second-order valence-corrected chi connectivity index (χ2v) is 8.75. The van der Waals surface area contributed by atoms with Gasteiger partial charge in [-0.15, -0.1) is 11.3 Å². The molecule has 34 heavy (non-hydrogen) atoms. The Labute approximate surface area is 205 Å². The summed E-state index contributed by atoms with van der Waals surface area (Å²) in [5.41, 5.74) is 1.72. The van der Waals surface area contributed by atoms with Crippen molar-refractivity contribution in [2.24, 2.45) is 9.98 Å². The van der Waals surface area contributed by atoms with E-state index in [1.165, 1.54) is 11.3 Å². The zero-order valence-corrected chi connectivity index (χ0v) is 20.0. The molecule has 0 atom stereocenters. The van der Waals surface area contributed by atoms with Gasteiger partial charge in [-0.05, 0) is 60.6 Å². The molecular weight excluding hydrogens is 472 g/mol. The highest BCUT2D eigenvalue weighted by molar-refractivity contribution is 7.73. The molecule has 2 aromatic carbocycles. The summed E-state index contributed by atoms with van der Waals surface area (Å²) in [4.78, 5) is 9.02. The highest BCUT2D eigenvalue weighted by atomic mass is 32.1. The van der Waals surface area contributed by atoms with E-state index in [0.29, 0.717) is 33.2 Å². The number of methoxy groups -OCH3 is 2. The maximum absolute atomic E-state index is 10.7. The standard InChI is InChI=1S/C24H20N4O4S2/c1-30-17-7-3-15(4-8-17)11-12-28-23(29)20(34-24(28)33)13-21-27-19(14-25)22(32-21)26-16-5-9-18(31-2)10-6-16/h3-10,13,29H,11-12H2,1-2H3/b21-13+,26-22?. The second-order valence-electron chi connectivity index (χ2n) is 7.08. The lowest BCUT2D eigenvalue weighted by atomic mass is 10.1. The summed E-state index contributed by atoms with van der Waals surface area (Å²) in [7, 11) is 3.20. The average Bonchev–Trinajstić information content (AvgIpc) is 3.37. The fourth-order valence-corrected chi connectivity index (χ4v) is 4.45. The van der Waals surface area contributed by atoms with E-state index in [1.807, 2.05) is 30.3 Å². The van der Waals surface area contributed by atoms with Crippen LogP contribution in [0.1, 0.15) is 10.4 Å². The molecule has 0 unspecified atom stereocenters. The van der Waals surface area contributed by atoms with Crippen LogP contribution in [0.25, 0.3) is 6.08 Å². The van der Waals surface area contributed by atoms with Crippen molar-refractivity contribution in [2.75, 3.05) is 14.2 Å². The topological polar surface area (TPSA) is 101 Å². The third-order valence-electron chi connectivity index (χ3n) is 4.97. The number of aryl methyl sites for hydroxylation is 1. The molecule has 0 radical (unpaired) electrons. The van der Waals surface area contributed by atoms with Crippen molar-refractivity contribution < 1.29 is 19.3 Å². The van der Waals surface area contributed by atoms with Gasteiger partial charge in [0, 0.05) is 12.6 Å². The minimum Gasteiger partial charge on any atom is -0.497 e. The summed E-state index contributed by atoms with van der Waals surface area (Å²) in [6.07, 6.45) is 2.23. The first-order valence-electron chi connectivity index (χ1n) is 10.2. The third-order valence-corrected chi connectivity index (χ3v) is 6.35. The van der Waals surface area contributed by atoms with Crippen LogP contribution in [0.4, 0.5) is 5.69 Å². The minimum absolute atomic E-state index is 0.0221. The van der Waals surface area contributed by atoms with E-state index >= 15 is 0 Å². The Hall–Kier alpha value is -3.94. The summed E-state index contributed by atoms with van der Waals surface area (Å²) >= 11 is 6.67. The van der Waals surface area contributed by atoms with Crippen molar-refractivity contribution in [3.05, 3.63) is 68.8 Å². The molecule has 0 aliphatic carbocycles. The molecule has 172 valence electrons. The number of aromatic nitrogens is 1. The number of aromatic hydroxyl groups is 1. The summed E-state index contributed by atoms with van der Waals surface area (Å²) in [6.45, 7) is 0.508. The van der Waals surface area contributed by atoms with Crippen molar-refractivity contribution in [2.45, 2.75) is 13.0 Å². The molecule has 2 heterocycles. The fraction of sp³-hybridized carbons (Fsp3) is 0.167. The predicted molar refractivity (Wildman–Crippen MR) is 134 cm³/mol. The molecule has 1 aliphatic rings. The molecule has 0 bridgehead atoms. The highest BCUT2D eigenvalue weighted by Gasteiger charge is 2.23. The number of hydrogen-bond donors (Lipinski definition) is 1.